The molecule has 16 aromatic carbocycles. The Kier molecular flexibility index (Phi) is 13.8. The molecule has 4 aliphatic heterocycles. The van der Waals surface area contributed by atoms with E-state index in [9.17, 15) is 0 Å². The van der Waals surface area contributed by atoms with Crippen LogP contribution in [0.2, 0.25) is 0 Å². The molecule has 0 spiro atoms. The summed E-state index contributed by atoms with van der Waals surface area (Å²) in [5, 5.41) is 4.93. The van der Waals surface area contributed by atoms with Crippen LogP contribution in [0.25, 0.3) is 62.6 Å². The van der Waals surface area contributed by atoms with Gasteiger partial charge in [0.25, 0.3) is 13.4 Å². The van der Waals surface area contributed by atoms with E-state index in [4.69, 9.17) is 4.74 Å². The van der Waals surface area contributed by atoms with Gasteiger partial charge in [0.15, 0.2) is 0 Å². The van der Waals surface area contributed by atoms with Gasteiger partial charge in [-0.2, -0.15) is 0 Å². The summed E-state index contributed by atoms with van der Waals surface area (Å²) in [5.74, 6) is 1.67. The van der Waals surface area contributed by atoms with Gasteiger partial charge in [0, 0.05) is 110 Å². The Labute approximate surface area is 623 Å². The zero-order valence-electron chi connectivity index (χ0n) is 57.3. The fourth-order valence-corrected chi connectivity index (χ4v) is 20.0. The Hall–Kier alpha value is -13.1. The second-order valence-corrected chi connectivity index (χ2v) is 29.9. The molecule has 0 saturated heterocycles. The van der Waals surface area contributed by atoms with E-state index in [2.05, 4.69) is 395 Å². The van der Waals surface area contributed by atoms with Crippen LogP contribution in [0, 0.1) is 0 Å². The highest BCUT2D eigenvalue weighted by molar-refractivity contribution is 7.26. The summed E-state index contributed by atoms with van der Waals surface area (Å²) in [6, 6.07) is 137. The first-order valence-electron chi connectivity index (χ1n) is 36.3. The summed E-state index contributed by atoms with van der Waals surface area (Å²) in [6.07, 6.45) is 0. The van der Waals surface area contributed by atoms with E-state index in [1.807, 2.05) is 22.7 Å². The average molecular weight is 1390 g/mol. The number of fused-ring (bicyclic) bond motifs is 14. The van der Waals surface area contributed by atoms with Gasteiger partial charge in [0.2, 0.25) is 0 Å². The van der Waals surface area contributed by atoms with Gasteiger partial charge in [0.05, 0.1) is 33.1 Å². The number of benzene rings is 16. The quantitative estimate of drug-likeness (QED) is 0.120. The first-order valence-corrected chi connectivity index (χ1v) is 37.9. The largest absolute Gasteiger partial charge is 0.458 e. The molecule has 10 heteroatoms. The maximum absolute atomic E-state index is 7.52. The molecule has 6 nitrogen and oxygen atoms in total. The van der Waals surface area contributed by atoms with Crippen LogP contribution in [0.1, 0.15) is 0 Å². The van der Waals surface area contributed by atoms with E-state index in [0.29, 0.717) is 0 Å². The second kappa shape index (κ2) is 24.3. The average Bonchev–Trinajstić information content (AvgIpc) is 0.724. The van der Waals surface area contributed by atoms with Crippen molar-refractivity contribution in [2.24, 2.45) is 0 Å². The Balaban J connectivity index is 0.917. The molecule has 0 radical (unpaired) electrons. The number of para-hydroxylation sites is 7. The normalized spacial score (nSPS) is 12.9. The Bertz CT molecular complexity index is 6420. The molecule has 22 rings (SSSR count). The topological polar surface area (TPSA) is 25.4 Å². The number of nitrogens with zero attached hydrogens (tertiary/aromatic N) is 5. The number of thiophene rings is 2. The van der Waals surface area contributed by atoms with Crippen molar-refractivity contribution >= 4 is 195 Å². The van der Waals surface area contributed by atoms with Crippen molar-refractivity contribution in [3.8, 4) is 33.8 Å². The molecule has 18 aromatic rings. The van der Waals surface area contributed by atoms with Gasteiger partial charge in [-0.05, 0) is 159 Å². The minimum atomic E-state index is -0.281. The van der Waals surface area contributed by atoms with Crippen LogP contribution in [-0.4, -0.2) is 13.4 Å². The first kappa shape index (κ1) is 60.5. The summed E-state index contributed by atoms with van der Waals surface area (Å²) >= 11 is 3.74. The van der Waals surface area contributed by atoms with Crippen molar-refractivity contribution in [1.29, 1.82) is 0 Å². The third-order valence-electron chi connectivity index (χ3n) is 22.0. The number of rotatable bonds is 11. The van der Waals surface area contributed by atoms with E-state index in [-0.39, 0.29) is 13.4 Å². The third kappa shape index (κ3) is 9.31. The lowest BCUT2D eigenvalue weighted by Crippen LogP contribution is -2.64. The molecule has 494 valence electrons. The number of hydrogen-bond acceptors (Lipinski definition) is 8. The standard InChI is InChI=1S/C96H61B2N5OS2/c1-7-30-62(31-8-1)70-44-27-45-71(63-32-9-2-10-33-63)95(70)103-83-61-82-77(98-76-48-22-24-52-87(76)104-88-59-69(100(66-38-15-5-16-39-66)67-40-17-6-18-41-67)58-86(94(88)98)102(82)80-50-29-55-91-92(80)74-43-20-26-54-90(74)105-91)60-78(83)97-75-47-21-23-49-79(75)101(81-51-28-46-73-72-42-19-25-53-89(72)106-96(73)81)84-56-68(57-85(103)93(84)97)99(64-34-11-3-12-35-64)65-36-13-4-14-37-65/h1-61H. The Morgan fingerprint density at radius 1 is 0.255 bits per heavy atom. The fourth-order valence-electron chi connectivity index (χ4n) is 17.7. The molecule has 0 saturated carbocycles. The maximum Gasteiger partial charge on any atom is 0.256 e. The van der Waals surface area contributed by atoms with Crippen molar-refractivity contribution in [3.63, 3.8) is 0 Å². The predicted molar refractivity (Wildman–Crippen MR) is 452 cm³/mol. The van der Waals surface area contributed by atoms with Gasteiger partial charge in [-0.25, -0.2) is 0 Å². The number of ether oxygens (including phenoxy) is 1. The summed E-state index contributed by atoms with van der Waals surface area (Å²) in [5.41, 5.74) is 27.6. The van der Waals surface area contributed by atoms with Gasteiger partial charge in [-0.1, -0.05) is 249 Å². The van der Waals surface area contributed by atoms with Crippen molar-refractivity contribution in [1.82, 2.24) is 0 Å². The molecule has 4 aliphatic rings. The van der Waals surface area contributed by atoms with Crippen LogP contribution < -0.4 is 62.0 Å². The lowest BCUT2D eigenvalue weighted by molar-refractivity contribution is 0.487. The molecule has 106 heavy (non-hydrogen) atoms. The fraction of sp³-hybridized carbons (Fsp3) is 0. The van der Waals surface area contributed by atoms with Crippen LogP contribution in [-0.2, 0) is 0 Å². The lowest BCUT2D eigenvalue weighted by Gasteiger charge is -2.47. The van der Waals surface area contributed by atoms with Crippen molar-refractivity contribution in [2.75, 3.05) is 24.5 Å². The van der Waals surface area contributed by atoms with Gasteiger partial charge in [0.1, 0.15) is 11.5 Å². The van der Waals surface area contributed by atoms with Crippen LogP contribution in [0.4, 0.5) is 85.3 Å². The third-order valence-corrected chi connectivity index (χ3v) is 24.3. The van der Waals surface area contributed by atoms with E-state index < -0.39 is 0 Å². The zero-order valence-corrected chi connectivity index (χ0v) is 59.0. The van der Waals surface area contributed by atoms with Crippen molar-refractivity contribution in [3.05, 3.63) is 370 Å². The van der Waals surface area contributed by atoms with Crippen LogP contribution in [0.3, 0.4) is 0 Å². The summed E-state index contributed by atoms with van der Waals surface area (Å²) in [4.78, 5) is 12.8. The van der Waals surface area contributed by atoms with Gasteiger partial charge in [-0.15, -0.1) is 22.7 Å². The molecule has 6 heterocycles. The van der Waals surface area contributed by atoms with E-state index in [1.54, 1.807) is 0 Å². The number of hydrogen-bond donors (Lipinski definition) is 0. The van der Waals surface area contributed by atoms with E-state index in [0.717, 1.165) is 130 Å². The SMILES string of the molecule is c1ccc(-c2cccc(-c3ccccc3)c2N2c3cc4c(cc3B3c5ccccc5N(c5cccc6c5sc5ccccc56)c5cc(N(c6ccccc6)c6ccccc6)cc2c53)B2c3ccccc3Oc3cc(N(c5ccccc5)c5ccccc5)cc(c32)N4c2cccc3sc4ccccc4c23)cc1. The molecular formula is C96H61B2N5OS2. The molecule has 0 unspecified atom stereocenters. The summed E-state index contributed by atoms with van der Waals surface area (Å²) in [6.45, 7) is -0.544. The molecule has 2 aromatic heterocycles. The Morgan fingerprint density at radius 3 is 1.32 bits per heavy atom. The highest BCUT2D eigenvalue weighted by Gasteiger charge is 2.49. The monoisotopic (exact) mass is 1390 g/mol. The maximum atomic E-state index is 7.52. The molecular weight excluding hydrogens is 1320 g/mol. The highest BCUT2D eigenvalue weighted by Crippen LogP contribution is 2.56. The van der Waals surface area contributed by atoms with Crippen molar-refractivity contribution < 1.29 is 4.74 Å². The van der Waals surface area contributed by atoms with E-state index in [1.165, 1.54) is 62.2 Å². The zero-order chi connectivity index (χ0) is 69.5. The van der Waals surface area contributed by atoms with Crippen molar-refractivity contribution in [2.45, 2.75) is 0 Å². The minimum Gasteiger partial charge on any atom is -0.458 e. The molecule has 0 fully saturated rings. The minimum absolute atomic E-state index is 0.264. The van der Waals surface area contributed by atoms with Crippen LogP contribution in [0.15, 0.2) is 370 Å². The lowest BCUT2D eigenvalue weighted by atomic mass is 9.30. The first-order chi connectivity index (χ1) is 52.6. The Morgan fingerprint density at radius 2 is 0.689 bits per heavy atom. The highest BCUT2D eigenvalue weighted by atomic mass is 32.1. The molecule has 0 amide bonds. The molecule has 0 N–H and O–H groups in total. The number of anilines is 15. The van der Waals surface area contributed by atoms with Gasteiger partial charge in [-0.3, -0.25) is 0 Å². The second-order valence-electron chi connectivity index (χ2n) is 27.8. The predicted octanol–water partition coefficient (Wildman–Crippen LogP) is 23.2. The summed E-state index contributed by atoms with van der Waals surface area (Å²) in [7, 11) is 0. The van der Waals surface area contributed by atoms with Gasteiger partial charge < -0.3 is 29.2 Å². The summed E-state index contributed by atoms with van der Waals surface area (Å²) < 4.78 is 12.5. The van der Waals surface area contributed by atoms with Gasteiger partial charge >= 0.3 is 0 Å². The molecule has 0 atom stereocenters. The smallest absolute Gasteiger partial charge is 0.256 e. The molecule has 0 bridgehead atoms. The van der Waals surface area contributed by atoms with Crippen LogP contribution >= 0.6 is 22.7 Å². The van der Waals surface area contributed by atoms with Crippen LogP contribution in [0.5, 0.6) is 11.5 Å². The van der Waals surface area contributed by atoms with E-state index >= 15 is 0 Å². The molecule has 0 aliphatic carbocycles.